The first-order chi connectivity index (χ1) is 23.5. The molecule has 6 rings (SSSR count). The Balaban J connectivity index is 1.59. The summed E-state index contributed by atoms with van der Waals surface area (Å²) in [5.74, 6) is -1.82. The molecule has 252 valence electrons. The molecule has 0 radical (unpaired) electrons. The zero-order valence-corrected chi connectivity index (χ0v) is 27.6. The standard InChI is InChI=1S/C36H32F2N4O6S/c1-4-47-32(43)16-12-20-11-15-28(41-34(20)30-18-23-26(38)7-6-8-27(23)40-30)24-17-25-31(19-29(24)42-49(45,46)5-2)48-35(33(25)36(44)39-3)21-9-13-22(37)14-10-21/h6-11,13-15,17-19,40,42H,4-5,12,16H2,1-3H3,(H,39,44). The van der Waals surface area contributed by atoms with Crippen LogP contribution in [0.4, 0.5) is 14.5 Å². The number of benzene rings is 3. The largest absolute Gasteiger partial charge is 0.466 e. The Bertz CT molecular complexity index is 2330. The summed E-state index contributed by atoms with van der Waals surface area (Å²) in [5.41, 5.74) is 3.66. The van der Waals surface area contributed by atoms with Crippen LogP contribution in [0.5, 0.6) is 0 Å². The Morgan fingerprint density at radius 1 is 0.980 bits per heavy atom. The van der Waals surface area contributed by atoms with E-state index in [4.69, 9.17) is 14.1 Å². The highest BCUT2D eigenvalue weighted by atomic mass is 32.2. The zero-order chi connectivity index (χ0) is 34.9. The summed E-state index contributed by atoms with van der Waals surface area (Å²) in [7, 11) is -2.34. The van der Waals surface area contributed by atoms with Gasteiger partial charge in [0.25, 0.3) is 5.91 Å². The van der Waals surface area contributed by atoms with E-state index in [1.807, 2.05) is 0 Å². The van der Waals surface area contributed by atoms with Gasteiger partial charge < -0.3 is 19.5 Å². The second-order valence-electron chi connectivity index (χ2n) is 11.2. The van der Waals surface area contributed by atoms with Gasteiger partial charge in [-0.2, -0.15) is 0 Å². The molecular weight excluding hydrogens is 654 g/mol. The van der Waals surface area contributed by atoms with E-state index in [9.17, 15) is 26.8 Å². The molecule has 0 bridgehead atoms. The zero-order valence-electron chi connectivity index (χ0n) is 26.8. The Morgan fingerprint density at radius 2 is 1.76 bits per heavy atom. The number of pyridine rings is 1. The van der Waals surface area contributed by atoms with E-state index in [0.717, 1.165) is 0 Å². The van der Waals surface area contributed by atoms with E-state index >= 15 is 0 Å². The first-order valence-corrected chi connectivity index (χ1v) is 17.2. The van der Waals surface area contributed by atoms with Crippen LogP contribution < -0.4 is 10.0 Å². The maximum atomic E-state index is 14.7. The van der Waals surface area contributed by atoms with Gasteiger partial charge in [0.2, 0.25) is 10.0 Å². The second kappa shape index (κ2) is 13.5. The number of esters is 1. The number of fused-ring (bicyclic) bond motifs is 2. The molecule has 1 amide bonds. The Hall–Kier alpha value is -5.56. The minimum atomic E-state index is -3.81. The van der Waals surface area contributed by atoms with E-state index in [2.05, 4.69) is 15.0 Å². The molecule has 6 aromatic rings. The maximum absolute atomic E-state index is 14.7. The van der Waals surface area contributed by atoms with Gasteiger partial charge in [-0.25, -0.2) is 22.2 Å². The second-order valence-corrected chi connectivity index (χ2v) is 13.2. The summed E-state index contributed by atoms with van der Waals surface area (Å²) in [5, 5.41) is 3.32. The number of aromatic amines is 1. The number of furan rings is 1. The number of anilines is 1. The average molecular weight is 687 g/mol. The molecule has 3 aromatic carbocycles. The predicted molar refractivity (Wildman–Crippen MR) is 184 cm³/mol. The average Bonchev–Trinajstić information content (AvgIpc) is 3.69. The number of aryl methyl sites for hydroxylation is 1. The molecule has 0 atom stereocenters. The maximum Gasteiger partial charge on any atom is 0.306 e. The Kier molecular flexibility index (Phi) is 9.20. The third-order valence-corrected chi connectivity index (χ3v) is 9.35. The van der Waals surface area contributed by atoms with Gasteiger partial charge in [0.1, 0.15) is 23.0 Å². The number of carbonyl (C=O) groups is 2. The molecular formula is C36H32F2N4O6S. The Labute approximate surface area is 280 Å². The van der Waals surface area contributed by atoms with E-state index in [-0.39, 0.29) is 53.8 Å². The smallest absolute Gasteiger partial charge is 0.306 e. The first kappa shape index (κ1) is 33.3. The number of hydrogen-bond donors (Lipinski definition) is 3. The summed E-state index contributed by atoms with van der Waals surface area (Å²) >= 11 is 0. The lowest BCUT2D eigenvalue weighted by atomic mass is 9.99. The minimum absolute atomic E-state index is 0.0701. The summed E-state index contributed by atoms with van der Waals surface area (Å²) < 4.78 is 68.2. The molecule has 0 saturated heterocycles. The number of sulfonamides is 1. The van der Waals surface area contributed by atoms with Crippen molar-refractivity contribution in [3.63, 3.8) is 0 Å². The first-order valence-electron chi connectivity index (χ1n) is 15.5. The van der Waals surface area contributed by atoms with Crippen molar-refractivity contribution >= 4 is 49.5 Å². The van der Waals surface area contributed by atoms with E-state index in [0.29, 0.717) is 50.1 Å². The summed E-state index contributed by atoms with van der Waals surface area (Å²) in [6, 6.07) is 18.3. The van der Waals surface area contributed by atoms with Crippen LogP contribution in [0.3, 0.4) is 0 Å². The van der Waals surface area contributed by atoms with Crippen molar-refractivity contribution in [2.24, 2.45) is 0 Å². The molecule has 13 heteroatoms. The monoisotopic (exact) mass is 686 g/mol. The summed E-state index contributed by atoms with van der Waals surface area (Å²) in [4.78, 5) is 33.7. The van der Waals surface area contributed by atoms with Crippen LogP contribution in [-0.2, 0) is 26.0 Å². The van der Waals surface area contributed by atoms with Gasteiger partial charge in [0, 0.05) is 47.0 Å². The van der Waals surface area contributed by atoms with Crippen LogP contribution in [0.2, 0.25) is 0 Å². The lowest BCUT2D eigenvalue weighted by molar-refractivity contribution is -0.143. The number of rotatable bonds is 11. The highest BCUT2D eigenvalue weighted by molar-refractivity contribution is 7.92. The van der Waals surface area contributed by atoms with Crippen molar-refractivity contribution < 1.29 is 35.9 Å². The highest BCUT2D eigenvalue weighted by Gasteiger charge is 2.25. The van der Waals surface area contributed by atoms with Crippen LogP contribution in [0, 0.1) is 11.6 Å². The van der Waals surface area contributed by atoms with Crippen molar-refractivity contribution in [2.75, 3.05) is 24.1 Å². The topological polar surface area (TPSA) is 143 Å². The number of hydrogen-bond acceptors (Lipinski definition) is 7. The van der Waals surface area contributed by atoms with Crippen LogP contribution >= 0.6 is 0 Å². The molecule has 3 aromatic heterocycles. The molecule has 0 saturated carbocycles. The van der Waals surface area contributed by atoms with Crippen molar-refractivity contribution in [3.05, 3.63) is 95.6 Å². The number of halogens is 2. The third-order valence-electron chi connectivity index (χ3n) is 8.06. The van der Waals surface area contributed by atoms with Crippen LogP contribution in [-0.4, -0.2) is 49.7 Å². The third kappa shape index (κ3) is 6.74. The van der Waals surface area contributed by atoms with E-state index in [1.165, 1.54) is 50.4 Å². The number of amides is 1. The molecule has 3 N–H and O–H groups in total. The number of H-pyrrole nitrogens is 1. The van der Waals surface area contributed by atoms with Gasteiger partial charge in [-0.15, -0.1) is 0 Å². The molecule has 49 heavy (non-hydrogen) atoms. The molecule has 0 fully saturated rings. The normalized spacial score (nSPS) is 11.6. The molecule has 0 unspecified atom stereocenters. The van der Waals surface area contributed by atoms with E-state index < -0.39 is 27.6 Å². The van der Waals surface area contributed by atoms with Gasteiger partial charge in [-0.05, 0) is 80.4 Å². The molecule has 3 heterocycles. The fraction of sp³-hybridized carbons (Fsp3) is 0.194. The van der Waals surface area contributed by atoms with E-state index in [1.54, 1.807) is 43.3 Å². The van der Waals surface area contributed by atoms with Gasteiger partial charge >= 0.3 is 5.97 Å². The van der Waals surface area contributed by atoms with Crippen molar-refractivity contribution in [2.45, 2.75) is 26.7 Å². The molecule has 10 nitrogen and oxygen atoms in total. The quantitative estimate of drug-likeness (QED) is 0.122. The van der Waals surface area contributed by atoms with Crippen molar-refractivity contribution in [1.82, 2.24) is 15.3 Å². The number of ether oxygens (including phenoxy) is 1. The molecule has 0 aliphatic rings. The summed E-state index contributed by atoms with van der Waals surface area (Å²) in [6.07, 6.45) is 0.331. The molecule has 0 aliphatic heterocycles. The van der Waals surface area contributed by atoms with Gasteiger partial charge in [0.05, 0.1) is 40.7 Å². The fourth-order valence-electron chi connectivity index (χ4n) is 5.62. The number of nitrogens with zero attached hydrogens (tertiary/aromatic N) is 1. The lowest BCUT2D eigenvalue weighted by Crippen LogP contribution is -2.18. The highest BCUT2D eigenvalue weighted by Crippen LogP contribution is 2.41. The van der Waals surface area contributed by atoms with Crippen LogP contribution in [0.25, 0.3) is 55.8 Å². The van der Waals surface area contributed by atoms with Crippen molar-refractivity contribution in [3.8, 4) is 34.0 Å². The van der Waals surface area contributed by atoms with Crippen LogP contribution in [0.1, 0.15) is 36.2 Å². The number of carbonyl (C=O) groups excluding carboxylic acids is 2. The van der Waals surface area contributed by atoms with Gasteiger partial charge in [-0.3, -0.25) is 14.3 Å². The van der Waals surface area contributed by atoms with Crippen molar-refractivity contribution in [1.29, 1.82) is 0 Å². The lowest BCUT2D eigenvalue weighted by Gasteiger charge is -2.15. The number of nitrogens with one attached hydrogen (secondary N) is 3. The SMILES string of the molecule is CCOC(=O)CCc1ccc(-c2cc3c(C(=O)NC)c(-c4ccc(F)cc4)oc3cc2NS(=O)(=O)CC)nc1-c1cc2c(F)cccc2[nH]1. The van der Waals surface area contributed by atoms with Gasteiger partial charge in [-0.1, -0.05) is 12.1 Å². The van der Waals surface area contributed by atoms with Gasteiger partial charge in [0.15, 0.2) is 0 Å². The van der Waals surface area contributed by atoms with Crippen LogP contribution in [0.15, 0.2) is 77.2 Å². The minimum Gasteiger partial charge on any atom is -0.466 e. The Morgan fingerprint density at radius 3 is 2.45 bits per heavy atom. The number of aromatic nitrogens is 2. The summed E-state index contributed by atoms with van der Waals surface area (Å²) in [6.45, 7) is 3.45. The predicted octanol–water partition coefficient (Wildman–Crippen LogP) is 7.21. The molecule has 0 spiro atoms. The fourth-order valence-corrected chi connectivity index (χ4v) is 6.27. The molecule has 0 aliphatic carbocycles.